The molecule has 7 heteroatoms. The first kappa shape index (κ1) is 23.4. The molecule has 1 amide bonds. The fraction of sp³-hybridized carbons (Fsp3) is 0.333. The lowest BCUT2D eigenvalue weighted by Gasteiger charge is -2.46. The van der Waals surface area contributed by atoms with Gasteiger partial charge in [-0.25, -0.2) is 0 Å². The van der Waals surface area contributed by atoms with Gasteiger partial charge in [-0.3, -0.25) is 14.6 Å². The predicted molar refractivity (Wildman–Crippen MR) is 139 cm³/mol. The smallest absolute Gasteiger partial charge is 0.259 e. The Balaban J connectivity index is 1.56. The summed E-state index contributed by atoms with van der Waals surface area (Å²) >= 11 is 0. The fourth-order valence-electron chi connectivity index (χ4n) is 6.05. The number of benzene rings is 1. The zero-order valence-electron chi connectivity index (χ0n) is 21.2. The molecule has 1 aromatic carbocycles. The number of aromatic nitrogens is 3. The zero-order chi connectivity index (χ0) is 25.6. The lowest BCUT2D eigenvalue weighted by Crippen LogP contribution is -2.53. The summed E-state index contributed by atoms with van der Waals surface area (Å²) in [5.41, 5.74) is 4.96. The van der Waals surface area contributed by atoms with Crippen molar-refractivity contribution in [2.75, 3.05) is 6.54 Å². The molecule has 0 spiro atoms. The van der Waals surface area contributed by atoms with Crippen LogP contribution in [-0.4, -0.2) is 37.8 Å². The second-order valence-corrected chi connectivity index (χ2v) is 10.4. The summed E-state index contributed by atoms with van der Waals surface area (Å²) in [7, 11) is 0. The standard InChI is InChI=1S/C30H30N4O3/c1-20-9-11-24(12-10-20)30-16-22(7-4-6-14-34(30)29(36)25-18-37-32-21(25)2)28(35)27-15-23(17-33(27)19-30)26-8-3-5-13-31-26/h3,5,8-13,15,17-18,22H,4,6-7,14,16,19H2,1-2H3. The molecule has 0 N–H and O–H groups in total. The lowest BCUT2D eigenvalue weighted by molar-refractivity contribution is 0.0253. The van der Waals surface area contributed by atoms with Gasteiger partial charge in [0.2, 0.25) is 0 Å². The van der Waals surface area contributed by atoms with E-state index < -0.39 is 5.54 Å². The quantitative estimate of drug-likeness (QED) is 0.371. The van der Waals surface area contributed by atoms with Gasteiger partial charge in [0, 0.05) is 30.4 Å². The number of rotatable bonds is 3. The molecule has 1 fully saturated rings. The number of hydrogen-bond acceptors (Lipinski definition) is 5. The van der Waals surface area contributed by atoms with Crippen molar-refractivity contribution in [1.29, 1.82) is 0 Å². The molecule has 2 unspecified atom stereocenters. The summed E-state index contributed by atoms with van der Waals surface area (Å²) in [6.45, 7) is 4.94. The Kier molecular flexibility index (Phi) is 5.78. The molecule has 37 heavy (non-hydrogen) atoms. The number of likely N-dealkylation sites (tertiary alicyclic amines) is 1. The van der Waals surface area contributed by atoms with E-state index in [-0.39, 0.29) is 17.6 Å². The molecule has 2 bridgehead atoms. The van der Waals surface area contributed by atoms with Crippen LogP contribution in [0.5, 0.6) is 0 Å². The third kappa shape index (κ3) is 3.99. The highest BCUT2D eigenvalue weighted by Gasteiger charge is 2.48. The van der Waals surface area contributed by atoms with Crippen LogP contribution in [0.1, 0.15) is 63.4 Å². The van der Waals surface area contributed by atoms with E-state index in [0.717, 1.165) is 41.6 Å². The molecule has 0 radical (unpaired) electrons. The molecule has 7 nitrogen and oxygen atoms in total. The molecule has 0 aliphatic carbocycles. The number of Topliss-reactive ketones (excluding diaryl/α,β-unsaturated/α-hetero) is 1. The molecule has 5 heterocycles. The Morgan fingerprint density at radius 1 is 1.11 bits per heavy atom. The third-order valence-electron chi connectivity index (χ3n) is 8.01. The van der Waals surface area contributed by atoms with E-state index in [1.807, 2.05) is 35.4 Å². The maximum atomic E-state index is 14.1. The van der Waals surface area contributed by atoms with Crippen LogP contribution in [0.25, 0.3) is 11.3 Å². The van der Waals surface area contributed by atoms with Crippen LogP contribution in [0.15, 0.2) is 71.7 Å². The SMILES string of the molecule is Cc1ccc(C23CC(CCCCN2C(=O)c2conc2C)C(=O)c2cc(-c4ccccn4)cn2C3)cc1. The van der Waals surface area contributed by atoms with Gasteiger partial charge in [-0.15, -0.1) is 0 Å². The average Bonchev–Trinajstić information content (AvgIpc) is 3.49. The highest BCUT2D eigenvalue weighted by molar-refractivity contribution is 5.99. The van der Waals surface area contributed by atoms with E-state index >= 15 is 0 Å². The van der Waals surface area contributed by atoms with Gasteiger partial charge in [-0.05, 0) is 56.9 Å². The Labute approximate surface area is 216 Å². The van der Waals surface area contributed by atoms with E-state index in [4.69, 9.17) is 4.52 Å². The van der Waals surface area contributed by atoms with Crippen molar-refractivity contribution in [2.24, 2.45) is 5.92 Å². The summed E-state index contributed by atoms with van der Waals surface area (Å²) in [6.07, 6.45) is 8.34. The lowest BCUT2D eigenvalue weighted by atomic mass is 9.75. The van der Waals surface area contributed by atoms with Gasteiger partial charge in [0.15, 0.2) is 5.78 Å². The van der Waals surface area contributed by atoms with Crippen molar-refractivity contribution >= 4 is 11.7 Å². The van der Waals surface area contributed by atoms with Gasteiger partial charge in [0.05, 0.1) is 29.2 Å². The van der Waals surface area contributed by atoms with Crippen LogP contribution in [-0.2, 0) is 12.1 Å². The van der Waals surface area contributed by atoms with Crippen LogP contribution < -0.4 is 0 Å². The van der Waals surface area contributed by atoms with Crippen molar-refractivity contribution in [1.82, 2.24) is 19.6 Å². The zero-order valence-corrected chi connectivity index (χ0v) is 21.2. The topological polar surface area (TPSA) is 81.2 Å². The van der Waals surface area contributed by atoms with Crippen molar-refractivity contribution in [2.45, 2.75) is 51.6 Å². The van der Waals surface area contributed by atoms with Gasteiger partial charge in [-0.2, -0.15) is 0 Å². The normalized spacial score (nSPS) is 21.6. The van der Waals surface area contributed by atoms with E-state index in [9.17, 15) is 9.59 Å². The number of amides is 1. The molecule has 0 saturated carbocycles. The minimum atomic E-state index is -0.707. The Morgan fingerprint density at radius 3 is 2.68 bits per heavy atom. The highest BCUT2D eigenvalue weighted by atomic mass is 16.5. The first-order valence-electron chi connectivity index (χ1n) is 12.9. The van der Waals surface area contributed by atoms with Crippen LogP contribution in [0.4, 0.5) is 0 Å². The summed E-state index contributed by atoms with van der Waals surface area (Å²) in [5, 5.41) is 3.98. The molecule has 2 atom stereocenters. The van der Waals surface area contributed by atoms with Crippen molar-refractivity contribution in [3.8, 4) is 11.3 Å². The van der Waals surface area contributed by atoms with E-state index in [2.05, 4.69) is 45.9 Å². The van der Waals surface area contributed by atoms with E-state index in [1.54, 1.807) is 13.1 Å². The maximum Gasteiger partial charge on any atom is 0.259 e. The summed E-state index contributed by atoms with van der Waals surface area (Å²) in [4.78, 5) is 34.6. The summed E-state index contributed by atoms with van der Waals surface area (Å²) in [6, 6.07) is 16.2. The van der Waals surface area contributed by atoms with Crippen molar-refractivity contribution < 1.29 is 14.1 Å². The average molecular weight is 495 g/mol. The molecule has 2 aliphatic rings. The monoisotopic (exact) mass is 494 g/mol. The van der Waals surface area contributed by atoms with Crippen LogP contribution in [0, 0.1) is 19.8 Å². The van der Waals surface area contributed by atoms with E-state index in [0.29, 0.717) is 36.5 Å². The number of aryl methyl sites for hydroxylation is 2. The number of fused-ring (bicyclic) bond motifs is 3. The number of ketones is 1. The summed E-state index contributed by atoms with van der Waals surface area (Å²) in [5.74, 6) is -0.146. The Morgan fingerprint density at radius 2 is 1.95 bits per heavy atom. The molecule has 6 rings (SSSR count). The van der Waals surface area contributed by atoms with Crippen molar-refractivity contribution in [3.05, 3.63) is 95.3 Å². The molecular weight excluding hydrogens is 464 g/mol. The Bertz CT molecular complexity index is 1450. The second-order valence-electron chi connectivity index (χ2n) is 10.4. The van der Waals surface area contributed by atoms with Gasteiger partial charge in [0.1, 0.15) is 11.8 Å². The van der Waals surface area contributed by atoms with Crippen LogP contribution in [0.2, 0.25) is 0 Å². The molecule has 3 aromatic heterocycles. The largest absolute Gasteiger partial charge is 0.364 e. The minimum Gasteiger partial charge on any atom is -0.364 e. The molecule has 4 aromatic rings. The predicted octanol–water partition coefficient (Wildman–Crippen LogP) is 5.58. The Hall–Kier alpha value is -4.00. The van der Waals surface area contributed by atoms with Crippen molar-refractivity contribution in [3.63, 3.8) is 0 Å². The van der Waals surface area contributed by atoms with Crippen LogP contribution >= 0.6 is 0 Å². The number of nitrogens with zero attached hydrogens (tertiary/aromatic N) is 4. The van der Waals surface area contributed by atoms with Gasteiger partial charge >= 0.3 is 0 Å². The molecule has 2 aliphatic heterocycles. The highest BCUT2D eigenvalue weighted by Crippen LogP contribution is 2.45. The van der Waals surface area contributed by atoms with E-state index in [1.165, 1.54) is 6.26 Å². The number of carbonyl (C=O) groups excluding carboxylic acids is 2. The maximum absolute atomic E-state index is 14.1. The minimum absolute atomic E-state index is 0.104. The molecule has 1 saturated heterocycles. The number of hydrogen-bond donors (Lipinski definition) is 0. The second kappa shape index (κ2) is 9.14. The summed E-state index contributed by atoms with van der Waals surface area (Å²) < 4.78 is 7.21. The molecular formula is C30H30N4O3. The van der Waals surface area contributed by atoms with Gasteiger partial charge in [-0.1, -0.05) is 47.5 Å². The van der Waals surface area contributed by atoms with Crippen LogP contribution in [0.3, 0.4) is 0 Å². The third-order valence-corrected chi connectivity index (χ3v) is 8.01. The van der Waals surface area contributed by atoms with Gasteiger partial charge in [0.25, 0.3) is 5.91 Å². The van der Waals surface area contributed by atoms with Gasteiger partial charge < -0.3 is 14.0 Å². The fourth-order valence-corrected chi connectivity index (χ4v) is 6.05. The molecule has 188 valence electrons. The number of carbonyl (C=O) groups is 2. The first-order chi connectivity index (χ1) is 18.0. The first-order valence-corrected chi connectivity index (χ1v) is 12.9. The number of pyridine rings is 1.